The molecule has 5 heteroatoms. The Bertz CT molecular complexity index is 780. The molecule has 1 aromatic heterocycles. The molecule has 2 aromatic carbocycles. The maximum atomic E-state index is 5.67. The van der Waals surface area contributed by atoms with Crippen molar-refractivity contribution < 1.29 is 9.47 Å². The lowest BCUT2D eigenvalue weighted by Gasteiger charge is -2.10. The molecule has 0 aliphatic carbocycles. The van der Waals surface area contributed by atoms with Crippen LogP contribution in [0.2, 0.25) is 0 Å². The number of para-hydroxylation sites is 1. The summed E-state index contributed by atoms with van der Waals surface area (Å²) >= 11 is 0. The van der Waals surface area contributed by atoms with Crippen LogP contribution in [0.15, 0.2) is 36.4 Å². The van der Waals surface area contributed by atoms with E-state index in [0.29, 0.717) is 18.0 Å². The summed E-state index contributed by atoms with van der Waals surface area (Å²) in [5, 5.41) is 0. The summed E-state index contributed by atoms with van der Waals surface area (Å²) in [5.41, 5.74) is 9.45. The molecule has 0 bridgehead atoms. The van der Waals surface area contributed by atoms with Crippen molar-refractivity contribution in [3.8, 4) is 22.9 Å². The summed E-state index contributed by atoms with van der Waals surface area (Å²) in [6.07, 6.45) is 0. The Hall–Kier alpha value is -2.53. The van der Waals surface area contributed by atoms with Crippen LogP contribution in [-0.4, -0.2) is 24.2 Å². The van der Waals surface area contributed by atoms with E-state index in [9.17, 15) is 0 Å². The van der Waals surface area contributed by atoms with Crippen LogP contribution in [0, 0.1) is 0 Å². The number of hydrogen-bond acceptors (Lipinski definition) is 4. The highest BCUT2D eigenvalue weighted by molar-refractivity contribution is 5.82. The van der Waals surface area contributed by atoms with Crippen molar-refractivity contribution >= 4 is 11.0 Å². The highest BCUT2D eigenvalue weighted by atomic mass is 16.5. The van der Waals surface area contributed by atoms with Crippen molar-refractivity contribution in [2.45, 2.75) is 6.54 Å². The number of aromatic amines is 1. The first-order valence-corrected chi connectivity index (χ1v) is 6.67. The van der Waals surface area contributed by atoms with Gasteiger partial charge in [-0.1, -0.05) is 12.1 Å². The van der Waals surface area contributed by atoms with Gasteiger partial charge in [-0.2, -0.15) is 0 Å². The van der Waals surface area contributed by atoms with Gasteiger partial charge < -0.3 is 20.2 Å². The van der Waals surface area contributed by atoms with Gasteiger partial charge in [0.15, 0.2) is 11.5 Å². The van der Waals surface area contributed by atoms with Gasteiger partial charge >= 0.3 is 0 Å². The van der Waals surface area contributed by atoms with Crippen molar-refractivity contribution in [1.29, 1.82) is 0 Å². The molecule has 0 saturated carbocycles. The van der Waals surface area contributed by atoms with Gasteiger partial charge in [-0.05, 0) is 29.8 Å². The average Bonchev–Trinajstić information content (AvgIpc) is 2.96. The Labute approximate surface area is 122 Å². The molecule has 0 aliphatic heterocycles. The number of H-pyrrole nitrogens is 1. The Morgan fingerprint density at radius 3 is 2.71 bits per heavy atom. The first-order valence-electron chi connectivity index (χ1n) is 6.67. The number of fused-ring (bicyclic) bond motifs is 1. The molecule has 3 N–H and O–H groups in total. The first-order chi connectivity index (χ1) is 10.3. The summed E-state index contributed by atoms with van der Waals surface area (Å²) in [7, 11) is 3.24. The predicted octanol–water partition coefficient (Wildman–Crippen LogP) is 2.71. The van der Waals surface area contributed by atoms with Gasteiger partial charge in [0.1, 0.15) is 5.82 Å². The summed E-state index contributed by atoms with van der Waals surface area (Å²) in [5.74, 6) is 2.09. The zero-order chi connectivity index (χ0) is 14.8. The van der Waals surface area contributed by atoms with Gasteiger partial charge in [-0.3, -0.25) is 0 Å². The second-order valence-electron chi connectivity index (χ2n) is 4.68. The third-order valence-corrected chi connectivity index (χ3v) is 3.44. The molecule has 0 radical (unpaired) electrons. The zero-order valence-corrected chi connectivity index (χ0v) is 12.0. The van der Waals surface area contributed by atoms with Crippen LogP contribution in [0.25, 0.3) is 22.4 Å². The fraction of sp³-hybridized carbons (Fsp3) is 0.188. The van der Waals surface area contributed by atoms with Crippen LogP contribution >= 0.6 is 0 Å². The van der Waals surface area contributed by atoms with Crippen LogP contribution in [0.4, 0.5) is 0 Å². The van der Waals surface area contributed by atoms with Crippen molar-refractivity contribution in [1.82, 2.24) is 9.97 Å². The SMILES string of the molecule is COc1cccc(-c2nc3ccc(CN)cc3[nH]2)c1OC. The number of nitrogens with zero attached hydrogens (tertiary/aromatic N) is 1. The van der Waals surface area contributed by atoms with Crippen LogP contribution < -0.4 is 15.2 Å². The van der Waals surface area contributed by atoms with E-state index in [0.717, 1.165) is 28.0 Å². The topological polar surface area (TPSA) is 73.2 Å². The second kappa shape index (κ2) is 5.46. The maximum Gasteiger partial charge on any atom is 0.171 e. The number of nitrogens with one attached hydrogen (secondary N) is 1. The second-order valence-corrected chi connectivity index (χ2v) is 4.68. The van der Waals surface area contributed by atoms with Crippen molar-refractivity contribution in [3.05, 3.63) is 42.0 Å². The minimum atomic E-state index is 0.507. The number of imidazole rings is 1. The van der Waals surface area contributed by atoms with E-state index in [1.165, 1.54) is 0 Å². The molecule has 108 valence electrons. The van der Waals surface area contributed by atoms with E-state index in [4.69, 9.17) is 15.2 Å². The molecule has 5 nitrogen and oxygen atoms in total. The lowest BCUT2D eigenvalue weighted by atomic mass is 10.1. The fourth-order valence-corrected chi connectivity index (χ4v) is 2.38. The van der Waals surface area contributed by atoms with Crippen molar-refractivity contribution in [3.63, 3.8) is 0 Å². The average molecular weight is 283 g/mol. The lowest BCUT2D eigenvalue weighted by molar-refractivity contribution is 0.356. The van der Waals surface area contributed by atoms with E-state index in [-0.39, 0.29) is 0 Å². The van der Waals surface area contributed by atoms with Gasteiger partial charge in [0.2, 0.25) is 0 Å². The number of methoxy groups -OCH3 is 2. The smallest absolute Gasteiger partial charge is 0.171 e. The van der Waals surface area contributed by atoms with Crippen LogP contribution in [0.1, 0.15) is 5.56 Å². The van der Waals surface area contributed by atoms with Crippen LogP contribution in [-0.2, 0) is 6.54 Å². The lowest BCUT2D eigenvalue weighted by Crippen LogP contribution is -1.95. The van der Waals surface area contributed by atoms with Crippen molar-refractivity contribution in [2.24, 2.45) is 5.73 Å². The third kappa shape index (κ3) is 2.32. The molecule has 0 atom stereocenters. The standard InChI is InChI=1S/C16H17N3O2/c1-20-14-5-3-4-11(15(14)21-2)16-18-12-7-6-10(9-17)8-13(12)19-16/h3-8H,9,17H2,1-2H3,(H,18,19). The monoisotopic (exact) mass is 283 g/mol. The molecule has 21 heavy (non-hydrogen) atoms. The normalized spacial score (nSPS) is 10.8. The zero-order valence-electron chi connectivity index (χ0n) is 12.0. The van der Waals surface area contributed by atoms with E-state index in [1.54, 1.807) is 14.2 Å². The molecule has 0 saturated heterocycles. The number of hydrogen-bond donors (Lipinski definition) is 2. The van der Waals surface area contributed by atoms with Crippen LogP contribution in [0.5, 0.6) is 11.5 Å². The quantitative estimate of drug-likeness (QED) is 0.772. The Balaban J connectivity index is 2.16. The molecular weight excluding hydrogens is 266 g/mol. The Kier molecular flexibility index (Phi) is 3.50. The molecule has 3 aromatic rings. The van der Waals surface area contributed by atoms with E-state index in [1.807, 2.05) is 36.4 Å². The minimum absolute atomic E-state index is 0.507. The van der Waals surface area contributed by atoms with Crippen LogP contribution in [0.3, 0.4) is 0 Å². The third-order valence-electron chi connectivity index (χ3n) is 3.44. The Morgan fingerprint density at radius 1 is 1.14 bits per heavy atom. The fourth-order valence-electron chi connectivity index (χ4n) is 2.38. The van der Waals surface area contributed by atoms with Crippen molar-refractivity contribution in [2.75, 3.05) is 14.2 Å². The van der Waals surface area contributed by atoms with E-state index < -0.39 is 0 Å². The molecular formula is C16H17N3O2. The highest BCUT2D eigenvalue weighted by Crippen LogP contribution is 2.37. The van der Waals surface area contributed by atoms with Gasteiger partial charge in [-0.25, -0.2) is 4.98 Å². The van der Waals surface area contributed by atoms with Gasteiger partial charge in [-0.15, -0.1) is 0 Å². The number of benzene rings is 2. The maximum absolute atomic E-state index is 5.67. The summed E-state index contributed by atoms with van der Waals surface area (Å²) in [6, 6.07) is 11.7. The summed E-state index contributed by atoms with van der Waals surface area (Å²) in [6.45, 7) is 0.507. The molecule has 0 unspecified atom stereocenters. The summed E-state index contributed by atoms with van der Waals surface area (Å²) in [4.78, 5) is 7.92. The number of nitrogens with two attached hydrogens (primary N) is 1. The molecule has 0 amide bonds. The Morgan fingerprint density at radius 2 is 2.00 bits per heavy atom. The number of ether oxygens (including phenoxy) is 2. The first kappa shape index (κ1) is 13.5. The minimum Gasteiger partial charge on any atom is -0.493 e. The number of rotatable bonds is 4. The van der Waals surface area contributed by atoms with Gasteiger partial charge in [0.25, 0.3) is 0 Å². The van der Waals surface area contributed by atoms with Gasteiger partial charge in [0, 0.05) is 6.54 Å². The molecule has 1 heterocycles. The number of aromatic nitrogens is 2. The van der Waals surface area contributed by atoms with Gasteiger partial charge in [0.05, 0.1) is 30.8 Å². The highest BCUT2D eigenvalue weighted by Gasteiger charge is 2.14. The van der Waals surface area contributed by atoms with E-state index >= 15 is 0 Å². The summed E-state index contributed by atoms with van der Waals surface area (Å²) < 4.78 is 10.8. The molecule has 0 fully saturated rings. The predicted molar refractivity (Wildman–Crippen MR) is 82.5 cm³/mol. The van der Waals surface area contributed by atoms with E-state index in [2.05, 4.69) is 9.97 Å². The largest absolute Gasteiger partial charge is 0.493 e. The molecule has 0 spiro atoms. The molecule has 3 rings (SSSR count). The molecule has 0 aliphatic rings.